The molecule has 0 saturated carbocycles. The van der Waals surface area contributed by atoms with Crippen molar-refractivity contribution in [2.75, 3.05) is 0 Å². The van der Waals surface area contributed by atoms with Gasteiger partial charge in [0.25, 0.3) is 0 Å². The summed E-state index contributed by atoms with van der Waals surface area (Å²) in [5.41, 5.74) is 6.61. The van der Waals surface area contributed by atoms with Gasteiger partial charge in [0.2, 0.25) is 0 Å². The van der Waals surface area contributed by atoms with Crippen LogP contribution in [0.25, 0.3) is 0 Å². The molecular formula is C14H9Br2ClN2O2. The van der Waals surface area contributed by atoms with Gasteiger partial charge >= 0.3 is 5.97 Å². The van der Waals surface area contributed by atoms with E-state index >= 15 is 0 Å². The van der Waals surface area contributed by atoms with Gasteiger partial charge in [-0.2, -0.15) is 0 Å². The molecule has 108 valence electrons. The van der Waals surface area contributed by atoms with Crippen molar-refractivity contribution < 1.29 is 9.63 Å². The van der Waals surface area contributed by atoms with Crippen molar-refractivity contribution in [3.8, 4) is 0 Å². The van der Waals surface area contributed by atoms with Gasteiger partial charge in [-0.05, 0) is 30.3 Å². The van der Waals surface area contributed by atoms with Crippen LogP contribution in [-0.2, 0) is 4.84 Å². The van der Waals surface area contributed by atoms with Gasteiger partial charge in [0.1, 0.15) is 0 Å². The minimum Gasteiger partial charge on any atom is -0.380 e. The SMILES string of the molecule is NC(=NOC(=O)c1cc(Br)ccc1Cl)c1cccc(Br)c1. The summed E-state index contributed by atoms with van der Waals surface area (Å²) in [6, 6.07) is 12.0. The van der Waals surface area contributed by atoms with Crippen LogP contribution < -0.4 is 5.73 Å². The normalized spacial score (nSPS) is 11.3. The fraction of sp³-hybridized carbons (Fsp3) is 0. The molecule has 0 atom stereocenters. The maximum absolute atomic E-state index is 11.9. The molecule has 2 aromatic carbocycles. The molecule has 7 heteroatoms. The number of nitrogens with zero attached hydrogens (tertiary/aromatic N) is 1. The maximum Gasteiger partial charge on any atom is 0.367 e. The highest BCUT2D eigenvalue weighted by Gasteiger charge is 2.13. The summed E-state index contributed by atoms with van der Waals surface area (Å²) in [6.07, 6.45) is 0. The maximum atomic E-state index is 11.9. The number of hydrogen-bond acceptors (Lipinski definition) is 3. The number of benzene rings is 2. The first-order chi connectivity index (χ1) is 9.97. The van der Waals surface area contributed by atoms with Crippen LogP contribution >= 0.6 is 43.5 Å². The number of amidine groups is 1. The molecule has 0 spiro atoms. The number of rotatable bonds is 3. The summed E-state index contributed by atoms with van der Waals surface area (Å²) in [5.74, 6) is -0.588. The van der Waals surface area contributed by atoms with Crippen LogP contribution in [0.3, 0.4) is 0 Å². The average Bonchev–Trinajstić information content (AvgIpc) is 2.47. The molecule has 21 heavy (non-hydrogen) atoms. The van der Waals surface area contributed by atoms with Crippen LogP contribution in [0.2, 0.25) is 5.02 Å². The predicted molar refractivity (Wildman–Crippen MR) is 89.4 cm³/mol. The summed E-state index contributed by atoms with van der Waals surface area (Å²) in [7, 11) is 0. The minimum atomic E-state index is -0.681. The Labute approximate surface area is 143 Å². The second-order valence-corrected chi connectivity index (χ2v) is 6.23. The van der Waals surface area contributed by atoms with Crippen LogP contribution in [-0.4, -0.2) is 11.8 Å². The summed E-state index contributed by atoms with van der Waals surface area (Å²) >= 11 is 12.5. The number of carbonyl (C=O) groups is 1. The van der Waals surface area contributed by atoms with Gasteiger partial charge in [-0.3, -0.25) is 0 Å². The standard InChI is InChI=1S/C14H9Br2ClN2O2/c15-9-3-1-2-8(6-9)13(18)19-21-14(20)11-7-10(16)4-5-12(11)17/h1-7H,(H2,18,19). The Kier molecular flexibility index (Phi) is 5.39. The predicted octanol–water partition coefficient (Wildman–Crippen LogP) is 4.34. The average molecular weight is 432 g/mol. The molecule has 0 aliphatic heterocycles. The van der Waals surface area contributed by atoms with E-state index in [1.165, 1.54) is 0 Å². The van der Waals surface area contributed by atoms with E-state index in [1.807, 2.05) is 6.07 Å². The monoisotopic (exact) mass is 430 g/mol. The summed E-state index contributed by atoms with van der Waals surface area (Å²) in [5, 5.41) is 3.91. The molecule has 0 aromatic heterocycles. The van der Waals surface area contributed by atoms with E-state index in [0.717, 1.165) is 4.47 Å². The van der Waals surface area contributed by atoms with Crippen LogP contribution in [0.15, 0.2) is 56.6 Å². The molecule has 0 aliphatic rings. The second kappa shape index (κ2) is 7.06. The Morgan fingerprint density at radius 3 is 2.57 bits per heavy atom. The third-order valence-corrected chi connectivity index (χ3v) is 3.81. The molecule has 0 aliphatic carbocycles. The smallest absolute Gasteiger partial charge is 0.367 e. The number of hydrogen-bond donors (Lipinski definition) is 1. The lowest BCUT2D eigenvalue weighted by Gasteiger charge is -2.03. The fourth-order valence-corrected chi connectivity index (χ4v) is 2.45. The number of carbonyl (C=O) groups excluding carboxylic acids is 1. The van der Waals surface area contributed by atoms with Crippen molar-refractivity contribution in [3.63, 3.8) is 0 Å². The van der Waals surface area contributed by atoms with Gasteiger partial charge in [0, 0.05) is 14.5 Å². The van der Waals surface area contributed by atoms with Gasteiger partial charge in [-0.15, -0.1) is 0 Å². The molecular weight excluding hydrogens is 423 g/mol. The van der Waals surface area contributed by atoms with Crippen LogP contribution in [0.4, 0.5) is 0 Å². The first-order valence-electron chi connectivity index (χ1n) is 5.73. The lowest BCUT2D eigenvalue weighted by Crippen LogP contribution is -2.15. The molecule has 2 N–H and O–H groups in total. The topological polar surface area (TPSA) is 64.7 Å². The zero-order valence-corrected chi connectivity index (χ0v) is 14.4. The van der Waals surface area contributed by atoms with Gasteiger partial charge in [-0.1, -0.05) is 60.7 Å². The minimum absolute atomic E-state index is 0.0933. The van der Waals surface area contributed by atoms with Gasteiger partial charge in [0.05, 0.1) is 10.6 Å². The van der Waals surface area contributed by atoms with E-state index in [2.05, 4.69) is 37.0 Å². The molecule has 0 unspecified atom stereocenters. The molecule has 0 fully saturated rings. The van der Waals surface area contributed by atoms with E-state index in [1.54, 1.807) is 36.4 Å². The van der Waals surface area contributed by atoms with Crippen LogP contribution in [0.5, 0.6) is 0 Å². The van der Waals surface area contributed by atoms with Gasteiger partial charge < -0.3 is 10.6 Å². The highest BCUT2D eigenvalue weighted by Crippen LogP contribution is 2.22. The van der Waals surface area contributed by atoms with Gasteiger partial charge in [-0.25, -0.2) is 4.79 Å². The zero-order chi connectivity index (χ0) is 15.4. The Hall–Kier alpha value is -1.37. The van der Waals surface area contributed by atoms with Crippen molar-refractivity contribution >= 4 is 55.3 Å². The van der Waals surface area contributed by atoms with E-state index in [4.69, 9.17) is 22.2 Å². The van der Waals surface area contributed by atoms with E-state index in [9.17, 15) is 4.79 Å². The van der Waals surface area contributed by atoms with E-state index in [0.29, 0.717) is 10.0 Å². The molecule has 2 rings (SSSR count). The van der Waals surface area contributed by atoms with Crippen molar-refractivity contribution in [3.05, 3.63) is 67.6 Å². The lowest BCUT2D eigenvalue weighted by atomic mass is 10.2. The Morgan fingerprint density at radius 2 is 1.86 bits per heavy atom. The van der Waals surface area contributed by atoms with Crippen LogP contribution in [0, 0.1) is 0 Å². The van der Waals surface area contributed by atoms with Crippen molar-refractivity contribution in [2.45, 2.75) is 0 Å². The Bertz CT molecular complexity index is 720. The van der Waals surface area contributed by atoms with Crippen molar-refractivity contribution in [1.82, 2.24) is 0 Å². The fourth-order valence-electron chi connectivity index (χ4n) is 1.49. The van der Waals surface area contributed by atoms with E-state index in [-0.39, 0.29) is 16.4 Å². The van der Waals surface area contributed by atoms with E-state index < -0.39 is 5.97 Å². The number of nitrogens with two attached hydrogens (primary N) is 1. The van der Waals surface area contributed by atoms with Gasteiger partial charge in [0.15, 0.2) is 5.84 Å². The summed E-state index contributed by atoms with van der Waals surface area (Å²) in [6.45, 7) is 0. The second-order valence-electron chi connectivity index (χ2n) is 3.99. The molecule has 0 bridgehead atoms. The first kappa shape index (κ1) is 16.0. The third kappa shape index (κ3) is 4.30. The van der Waals surface area contributed by atoms with Crippen molar-refractivity contribution in [1.29, 1.82) is 0 Å². The van der Waals surface area contributed by atoms with Crippen LogP contribution in [0.1, 0.15) is 15.9 Å². The quantitative estimate of drug-likeness (QED) is 0.340. The Balaban J connectivity index is 2.16. The molecule has 0 radical (unpaired) electrons. The largest absolute Gasteiger partial charge is 0.380 e. The third-order valence-electron chi connectivity index (χ3n) is 2.50. The highest BCUT2D eigenvalue weighted by molar-refractivity contribution is 9.10. The summed E-state index contributed by atoms with van der Waals surface area (Å²) in [4.78, 5) is 16.7. The number of halogens is 3. The Morgan fingerprint density at radius 1 is 1.14 bits per heavy atom. The summed E-state index contributed by atoms with van der Waals surface area (Å²) < 4.78 is 1.56. The highest BCUT2D eigenvalue weighted by atomic mass is 79.9. The molecule has 0 heterocycles. The molecule has 2 aromatic rings. The molecule has 0 saturated heterocycles. The van der Waals surface area contributed by atoms with Crippen molar-refractivity contribution in [2.24, 2.45) is 10.9 Å². The molecule has 4 nitrogen and oxygen atoms in total. The molecule has 0 amide bonds. The number of oxime groups is 1. The first-order valence-corrected chi connectivity index (χ1v) is 7.69. The zero-order valence-electron chi connectivity index (χ0n) is 10.5. The lowest BCUT2D eigenvalue weighted by molar-refractivity contribution is 0.0516.